The van der Waals surface area contributed by atoms with Gasteiger partial charge in [-0.25, -0.2) is 0 Å². The lowest BCUT2D eigenvalue weighted by Gasteiger charge is -2.38. The highest BCUT2D eigenvalue weighted by Crippen LogP contribution is 2.38. The minimum Gasteiger partial charge on any atom is -0.387 e. The van der Waals surface area contributed by atoms with Gasteiger partial charge in [0.05, 0.1) is 24.7 Å². The SMILES string of the molecule is Cc1c([C@@H](O)CN2CCC3(CCNC3=O)CC2)ccc2c1COC2. The van der Waals surface area contributed by atoms with Gasteiger partial charge in [-0.1, -0.05) is 12.1 Å². The fraction of sp³-hybridized carbons (Fsp3) is 0.632. The Bertz CT molecular complexity index is 650. The molecule has 0 aromatic heterocycles. The first kappa shape index (κ1) is 16.1. The van der Waals surface area contributed by atoms with Crippen LogP contribution in [-0.4, -0.2) is 42.1 Å². The molecule has 24 heavy (non-hydrogen) atoms. The lowest BCUT2D eigenvalue weighted by atomic mass is 9.77. The Balaban J connectivity index is 1.41. The third-order valence-corrected chi connectivity index (χ3v) is 6.22. The average Bonchev–Trinajstić information content (AvgIpc) is 3.18. The number of amides is 1. The summed E-state index contributed by atoms with van der Waals surface area (Å²) in [4.78, 5) is 14.4. The quantitative estimate of drug-likeness (QED) is 0.885. The number of benzene rings is 1. The van der Waals surface area contributed by atoms with E-state index in [1.807, 2.05) is 6.07 Å². The van der Waals surface area contributed by atoms with Gasteiger partial charge in [-0.3, -0.25) is 4.79 Å². The molecule has 3 aliphatic rings. The normalized spacial score (nSPS) is 24.2. The van der Waals surface area contributed by atoms with Gasteiger partial charge in [0.1, 0.15) is 0 Å². The van der Waals surface area contributed by atoms with Crippen molar-refractivity contribution in [2.24, 2.45) is 5.41 Å². The smallest absolute Gasteiger partial charge is 0.226 e. The van der Waals surface area contributed by atoms with Gasteiger partial charge in [0.25, 0.3) is 0 Å². The number of aliphatic hydroxyl groups excluding tert-OH is 1. The van der Waals surface area contributed by atoms with Crippen LogP contribution in [0.15, 0.2) is 12.1 Å². The Morgan fingerprint density at radius 2 is 2.08 bits per heavy atom. The van der Waals surface area contributed by atoms with Crippen molar-refractivity contribution in [1.82, 2.24) is 10.2 Å². The Morgan fingerprint density at radius 3 is 2.79 bits per heavy atom. The number of rotatable bonds is 3. The molecular weight excluding hydrogens is 304 g/mol. The van der Waals surface area contributed by atoms with E-state index >= 15 is 0 Å². The molecule has 0 radical (unpaired) electrons. The first-order valence-electron chi connectivity index (χ1n) is 8.97. The molecule has 4 rings (SSSR count). The molecule has 0 bridgehead atoms. The molecule has 3 heterocycles. The van der Waals surface area contributed by atoms with Crippen LogP contribution in [0.25, 0.3) is 0 Å². The van der Waals surface area contributed by atoms with Crippen LogP contribution in [0.1, 0.15) is 47.6 Å². The topological polar surface area (TPSA) is 61.8 Å². The highest BCUT2D eigenvalue weighted by atomic mass is 16.5. The Morgan fingerprint density at radius 1 is 1.29 bits per heavy atom. The molecule has 0 unspecified atom stereocenters. The summed E-state index contributed by atoms with van der Waals surface area (Å²) in [7, 11) is 0. The largest absolute Gasteiger partial charge is 0.387 e. The molecule has 2 N–H and O–H groups in total. The third kappa shape index (κ3) is 2.65. The Hall–Kier alpha value is -1.43. The van der Waals surface area contributed by atoms with Crippen LogP contribution in [0.3, 0.4) is 0 Å². The van der Waals surface area contributed by atoms with Crippen molar-refractivity contribution >= 4 is 5.91 Å². The number of ether oxygens (including phenoxy) is 1. The minimum atomic E-state index is -0.484. The van der Waals surface area contributed by atoms with E-state index in [0.29, 0.717) is 19.8 Å². The second-order valence-corrected chi connectivity index (χ2v) is 7.51. The molecular formula is C19H26N2O3. The summed E-state index contributed by atoms with van der Waals surface area (Å²) in [5.74, 6) is 0.233. The Kier molecular flexibility index (Phi) is 4.11. The number of piperidine rings is 1. The van der Waals surface area contributed by atoms with Crippen LogP contribution in [0, 0.1) is 12.3 Å². The average molecular weight is 330 g/mol. The van der Waals surface area contributed by atoms with Crippen molar-refractivity contribution in [3.63, 3.8) is 0 Å². The second kappa shape index (κ2) is 6.14. The molecule has 5 nitrogen and oxygen atoms in total. The third-order valence-electron chi connectivity index (χ3n) is 6.22. The molecule has 130 valence electrons. The van der Waals surface area contributed by atoms with Crippen LogP contribution < -0.4 is 5.32 Å². The second-order valence-electron chi connectivity index (χ2n) is 7.51. The first-order chi connectivity index (χ1) is 11.6. The van der Waals surface area contributed by atoms with Gasteiger partial charge in [-0.2, -0.15) is 0 Å². The zero-order valence-electron chi connectivity index (χ0n) is 14.3. The van der Waals surface area contributed by atoms with Crippen molar-refractivity contribution in [1.29, 1.82) is 0 Å². The fourth-order valence-electron chi connectivity index (χ4n) is 4.49. The maximum Gasteiger partial charge on any atom is 0.226 e. The predicted octanol–water partition coefficient (Wildman–Crippen LogP) is 1.66. The van der Waals surface area contributed by atoms with Crippen LogP contribution in [0.5, 0.6) is 0 Å². The standard InChI is InChI=1S/C19H26N2O3/c1-13-15(3-2-14-11-24-12-16(13)14)17(22)10-21-8-5-19(6-9-21)4-7-20-18(19)23/h2-3,17,22H,4-12H2,1H3,(H,20,23)/t17-/m0/s1. The lowest BCUT2D eigenvalue weighted by molar-refractivity contribution is -0.130. The van der Waals surface area contributed by atoms with Crippen LogP contribution in [0.4, 0.5) is 0 Å². The summed E-state index contributed by atoms with van der Waals surface area (Å²) < 4.78 is 5.51. The molecule has 2 fully saturated rings. The molecule has 1 aromatic rings. The zero-order chi connectivity index (χ0) is 16.7. The van der Waals surface area contributed by atoms with Crippen LogP contribution >= 0.6 is 0 Å². The maximum atomic E-state index is 12.1. The fourth-order valence-corrected chi connectivity index (χ4v) is 4.49. The number of carbonyl (C=O) groups excluding carboxylic acids is 1. The van der Waals surface area contributed by atoms with Gasteiger partial charge in [0.15, 0.2) is 0 Å². The lowest BCUT2D eigenvalue weighted by Crippen LogP contribution is -2.45. The van der Waals surface area contributed by atoms with Crippen LogP contribution in [-0.2, 0) is 22.7 Å². The molecule has 2 saturated heterocycles. The highest BCUT2D eigenvalue weighted by Gasteiger charge is 2.44. The first-order valence-corrected chi connectivity index (χ1v) is 8.97. The number of nitrogens with one attached hydrogen (secondary N) is 1. The molecule has 5 heteroatoms. The van der Waals surface area contributed by atoms with Crippen molar-refractivity contribution in [3.05, 3.63) is 34.4 Å². The number of nitrogens with zero attached hydrogens (tertiary/aromatic N) is 1. The van der Waals surface area contributed by atoms with E-state index in [2.05, 4.69) is 23.2 Å². The van der Waals surface area contributed by atoms with E-state index < -0.39 is 6.10 Å². The molecule has 3 aliphatic heterocycles. The van der Waals surface area contributed by atoms with Crippen molar-refractivity contribution in [3.8, 4) is 0 Å². The molecule has 0 saturated carbocycles. The van der Waals surface area contributed by atoms with E-state index in [4.69, 9.17) is 4.74 Å². The summed E-state index contributed by atoms with van der Waals surface area (Å²) in [6, 6.07) is 4.13. The van der Waals surface area contributed by atoms with Crippen molar-refractivity contribution in [2.75, 3.05) is 26.2 Å². The van der Waals surface area contributed by atoms with E-state index in [-0.39, 0.29) is 11.3 Å². The number of fused-ring (bicyclic) bond motifs is 1. The van der Waals surface area contributed by atoms with Crippen molar-refractivity contribution in [2.45, 2.75) is 45.5 Å². The number of likely N-dealkylation sites (tertiary alicyclic amines) is 1. The van der Waals surface area contributed by atoms with Gasteiger partial charge in [-0.05, 0) is 61.5 Å². The number of aliphatic hydroxyl groups is 1. The van der Waals surface area contributed by atoms with Crippen LogP contribution in [0.2, 0.25) is 0 Å². The summed E-state index contributed by atoms with van der Waals surface area (Å²) in [5, 5.41) is 13.7. The van der Waals surface area contributed by atoms with Gasteiger partial charge in [0.2, 0.25) is 5.91 Å². The van der Waals surface area contributed by atoms with E-state index in [0.717, 1.165) is 44.5 Å². The Labute approximate surface area is 143 Å². The molecule has 1 aromatic carbocycles. The predicted molar refractivity (Wildman–Crippen MR) is 90.4 cm³/mol. The van der Waals surface area contributed by atoms with Crippen molar-refractivity contribution < 1.29 is 14.6 Å². The molecule has 1 atom stereocenters. The summed E-state index contributed by atoms with van der Waals surface area (Å²) in [6.07, 6.45) is 2.29. The number of β-amino-alcohol motifs (C(OH)–C–C–N with tert-alkyl or cyclic N) is 1. The summed E-state index contributed by atoms with van der Waals surface area (Å²) in [5.41, 5.74) is 4.53. The van der Waals surface area contributed by atoms with E-state index in [9.17, 15) is 9.90 Å². The van der Waals surface area contributed by atoms with Gasteiger partial charge >= 0.3 is 0 Å². The summed E-state index contributed by atoms with van der Waals surface area (Å²) in [6.45, 7) is 6.65. The maximum absolute atomic E-state index is 12.1. The highest BCUT2D eigenvalue weighted by molar-refractivity contribution is 5.84. The van der Waals surface area contributed by atoms with Gasteiger partial charge < -0.3 is 20.1 Å². The van der Waals surface area contributed by atoms with E-state index in [1.54, 1.807) is 0 Å². The number of hydrogen-bond donors (Lipinski definition) is 2. The monoisotopic (exact) mass is 330 g/mol. The van der Waals surface area contributed by atoms with E-state index in [1.165, 1.54) is 16.7 Å². The molecule has 1 spiro atoms. The molecule has 0 aliphatic carbocycles. The minimum absolute atomic E-state index is 0.137. The zero-order valence-corrected chi connectivity index (χ0v) is 14.3. The number of hydrogen-bond acceptors (Lipinski definition) is 4. The van der Waals surface area contributed by atoms with Gasteiger partial charge in [-0.15, -0.1) is 0 Å². The molecule has 1 amide bonds. The number of carbonyl (C=O) groups is 1. The van der Waals surface area contributed by atoms with Gasteiger partial charge in [0, 0.05) is 13.1 Å². The summed E-state index contributed by atoms with van der Waals surface area (Å²) >= 11 is 0.